The quantitative estimate of drug-likeness (QED) is 0.381. The molecule has 3 saturated heterocycles. The summed E-state index contributed by atoms with van der Waals surface area (Å²) in [5, 5.41) is 16.1. The summed E-state index contributed by atoms with van der Waals surface area (Å²) < 4.78 is 30.3. The van der Waals surface area contributed by atoms with Crippen molar-refractivity contribution in [1.29, 1.82) is 0 Å². The first kappa shape index (κ1) is 21.5. The lowest BCUT2D eigenvalue weighted by molar-refractivity contribution is 0.213. The summed E-state index contributed by atoms with van der Waals surface area (Å²) in [6, 6.07) is 0.282. The summed E-state index contributed by atoms with van der Waals surface area (Å²) in [7, 11) is -3.54. The van der Waals surface area contributed by atoms with Gasteiger partial charge in [-0.15, -0.1) is 0 Å². The van der Waals surface area contributed by atoms with Gasteiger partial charge in [-0.05, 0) is 45.0 Å². The molecule has 3 atom stereocenters. The van der Waals surface area contributed by atoms with E-state index in [9.17, 15) is 13.4 Å². The Kier molecular flexibility index (Phi) is 6.88. The van der Waals surface area contributed by atoms with Crippen LogP contribution in [-0.2, 0) is 10.2 Å². The Bertz CT molecular complexity index is 593. The maximum absolute atomic E-state index is 13.5. The summed E-state index contributed by atoms with van der Waals surface area (Å²) in [4.78, 5) is 0. The molecule has 3 aliphatic heterocycles. The van der Waals surface area contributed by atoms with Crippen molar-refractivity contribution < 1.29 is 13.4 Å². The smallest absolute Gasteiger partial charge is 0.285 e. The summed E-state index contributed by atoms with van der Waals surface area (Å²) in [6.07, 6.45) is 4.58. The molecule has 0 radical (unpaired) electrons. The largest absolute Gasteiger partial charge is 0.451 e. The Morgan fingerprint density at radius 1 is 1.41 bits per heavy atom. The van der Waals surface area contributed by atoms with Crippen LogP contribution < -0.4 is 16.4 Å². The SMILES string of the molecule is CB(O)CCC[C@H]1CN(S(=O)(=O)N(CC2CCCN2)C2CNC2)C[C@]1(C)N. The highest BCUT2D eigenvalue weighted by atomic mass is 32.2. The second-order valence-corrected chi connectivity index (χ2v) is 10.8. The van der Waals surface area contributed by atoms with E-state index in [-0.39, 0.29) is 24.9 Å². The lowest BCUT2D eigenvalue weighted by Crippen LogP contribution is -2.63. The summed E-state index contributed by atoms with van der Waals surface area (Å²) in [5.41, 5.74) is 5.97. The maximum Gasteiger partial charge on any atom is 0.285 e. The maximum atomic E-state index is 13.5. The second kappa shape index (κ2) is 8.65. The van der Waals surface area contributed by atoms with Crippen LogP contribution in [-0.4, -0.2) is 85.9 Å². The van der Waals surface area contributed by atoms with E-state index in [1.54, 1.807) is 15.4 Å². The first-order valence-electron chi connectivity index (χ1n) is 10.4. The van der Waals surface area contributed by atoms with Crippen molar-refractivity contribution in [3.63, 3.8) is 0 Å². The van der Waals surface area contributed by atoms with Crippen LogP contribution in [0.2, 0.25) is 13.1 Å². The Morgan fingerprint density at radius 3 is 2.70 bits per heavy atom. The molecule has 0 saturated carbocycles. The number of hydrogen-bond donors (Lipinski definition) is 4. The predicted octanol–water partition coefficient (Wildman–Crippen LogP) is -0.700. The van der Waals surface area contributed by atoms with Crippen LogP contribution >= 0.6 is 0 Å². The molecule has 1 unspecified atom stereocenters. The fourth-order valence-corrected chi connectivity index (χ4v) is 6.47. The molecule has 5 N–H and O–H groups in total. The van der Waals surface area contributed by atoms with Crippen LogP contribution in [0, 0.1) is 5.92 Å². The Morgan fingerprint density at radius 2 is 2.15 bits per heavy atom. The Labute approximate surface area is 164 Å². The van der Waals surface area contributed by atoms with Gasteiger partial charge in [0.1, 0.15) is 0 Å². The van der Waals surface area contributed by atoms with Gasteiger partial charge < -0.3 is 21.4 Å². The molecule has 156 valence electrons. The lowest BCUT2D eigenvalue weighted by atomic mass is 9.66. The van der Waals surface area contributed by atoms with Crippen molar-refractivity contribution in [1.82, 2.24) is 19.2 Å². The normalized spacial score (nSPS) is 32.9. The van der Waals surface area contributed by atoms with E-state index in [0.29, 0.717) is 19.6 Å². The zero-order valence-corrected chi connectivity index (χ0v) is 17.5. The number of rotatable bonds is 9. The van der Waals surface area contributed by atoms with Gasteiger partial charge in [0.2, 0.25) is 0 Å². The highest BCUT2D eigenvalue weighted by molar-refractivity contribution is 7.86. The van der Waals surface area contributed by atoms with Gasteiger partial charge in [-0.25, -0.2) is 0 Å². The number of nitrogens with zero attached hydrogens (tertiary/aromatic N) is 2. The molecule has 10 heteroatoms. The minimum Gasteiger partial charge on any atom is -0.451 e. The number of nitrogens with two attached hydrogens (primary N) is 1. The molecular weight excluding hydrogens is 365 g/mol. The van der Waals surface area contributed by atoms with Gasteiger partial charge in [-0.2, -0.15) is 17.0 Å². The molecule has 0 aromatic heterocycles. The van der Waals surface area contributed by atoms with Crippen molar-refractivity contribution in [2.24, 2.45) is 11.7 Å². The molecule has 3 fully saturated rings. The van der Waals surface area contributed by atoms with E-state index in [2.05, 4.69) is 10.6 Å². The van der Waals surface area contributed by atoms with Crippen molar-refractivity contribution in [2.75, 3.05) is 39.3 Å². The molecule has 27 heavy (non-hydrogen) atoms. The molecule has 0 bridgehead atoms. The van der Waals surface area contributed by atoms with E-state index in [1.165, 1.54) is 0 Å². The third kappa shape index (κ3) is 5.04. The highest BCUT2D eigenvalue weighted by Gasteiger charge is 2.48. The van der Waals surface area contributed by atoms with Crippen LogP contribution in [0.4, 0.5) is 0 Å². The van der Waals surface area contributed by atoms with Gasteiger partial charge in [0.25, 0.3) is 17.1 Å². The van der Waals surface area contributed by atoms with Crippen molar-refractivity contribution >= 4 is 17.1 Å². The first-order chi connectivity index (χ1) is 12.7. The van der Waals surface area contributed by atoms with Crippen LogP contribution in [0.3, 0.4) is 0 Å². The summed E-state index contributed by atoms with van der Waals surface area (Å²) in [5.74, 6) is 0.122. The molecule has 3 rings (SSSR count). The molecule has 0 aliphatic carbocycles. The third-order valence-corrected chi connectivity index (χ3v) is 8.37. The minimum atomic E-state index is -3.54. The average Bonchev–Trinajstić information content (AvgIpc) is 3.13. The summed E-state index contributed by atoms with van der Waals surface area (Å²) >= 11 is 0. The van der Waals surface area contributed by atoms with E-state index >= 15 is 0 Å². The van der Waals surface area contributed by atoms with E-state index < -0.39 is 15.7 Å². The minimum absolute atomic E-state index is 0.0377. The first-order valence-corrected chi connectivity index (χ1v) is 11.8. The molecule has 8 nitrogen and oxygen atoms in total. The standard InChI is InChI=1S/C17H36BN5O3S/c1-17(19)13-22(11-14(17)5-3-7-18(2)24)27(25,26)23(16-9-20-10-16)12-15-6-4-8-21-15/h14-16,20-21,24H,3-13,19H2,1-2H3/t14-,15?,17-/m0/s1. The van der Waals surface area contributed by atoms with Gasteiger partial charge in [0.15, 0.2) is 0 Å². The van der Waals surface area contributed by atoms with Crippen molar-refractivity contribution in [2.45, 2.75) is 63.4 Å². The van der Waals surface area contributed by atoms with E-state index in [0.717, 1.165) is 51.6 Å². The van der Waals surface area contributed by atoms with Crippen molar-refractivity contribution in [3.05, 3.63) is 0 Å². The molecule has 0 amide bonds. The van der Waals surface area contributed by atoms with E-state index in [1.807, 2.05) is 6.92 Å². The van der Waals surface area contributed by atoms with Gasteiger partial charge >= 0.3 is 0 Å². The van der Waals surface area contributed by atoms with Crippen LogP contribution in [0.15, 0.2) is 0 Å². The van der Waals surface area contributed by atoms with Gasteiger partial charge in [-0.3, -0.25) is 0 Å². The van der Waals surface area contributed by atoms with Crippen LogP contribution in [0.25, 0.3) is 0 Å². The molecular formula is C17H36BN5O3S. The number of hydrogen-bond acceptors (Lipinski definition) is 6. The highest BCUT2D eigenvalue weighted by Crippen LogP contribution is 2.33. The average molecular weight is 401 g/mol. The predicted molar refractivity (Wildman–Crippen MR) is 109 cm³/mol. The van der Waals surface area contributed by atoms with Crippen molar-refractivity contribution in [3.8, 4) is 0 Å². The van der Waals surface area contributed by atoms with Gasteiger partial charge in [0.05, 0.1) is 6.04 Å². The lowest BCUT2D eigenvalue weighted by Gasteiger charge is -2.40. The van der Waals surface area contributed by atoms with Crippen LogP contribution in [0.1, 0.15) is 32.6 Å². The van der Waals surface area contributed by atoms with Gasteiger partial charge in [-0.1, -0.05) is 13.2 Å². The molecule has 0 aromatic carbocycles. The second-order valence-electron chi connectivity index (χ2n) is 8.96. The summed E-state index contributed by atoms with van der Waals surface area (Å²) in [6.45, 7) is 7.22. The number of nitrogens with one attached hydrogen (secondary N) is 2. The zero-order chi connectivity index (χ0) is 19.7. The Hall–Kier alpha value is -0.225. The fourth-order valence-electron chi connectivity index (χ4n) is 4.47. The van der Waals surface area contributed by atoms with Crippen LogP contribution in [0.5, 0.6) is 0 Å². The molecule has 0 spiro atoms. The molecule has 3 heterocycles. The topological polar surface area (TPSA) is 111 Å². The fraction of sp³-hybridized carbons (Fsp3) is 1.00. The monoisotopic (exact) mass is 401 g/mol. The molecule has 0 aromatic rings. The zero-order valence-electron chi connectivity index (χ0n) is 16.7. The molecule has 3 aliphatic rings. The van der Waals surface area contributed by atoms with Gasteiger partial charge in [0, 0.05) is 44.3 Å². The third-order valence-electron chi connectivity index (χ3n) is 6.40. The Balaban J connectivity index is 1.68. The van der Waals surface area contributed by atoms with E-state index in [4.69, 9.17) is 5.73 Å².